The van der Waals surface area contributed by atoms with Crippen LogP contribution in [-0.2, 0) is 4.74 Å². The minimum absolute atomic E-state index is 0.0650. The van der Waals surface area contributed by atoms with Crippen molar-refractivity contribution >= 4 is 29.1 Å². The molecule has 0 bridgehead atoms. The highest BCUT2D eigenvalue weighted by Gasteiger charge is 2.30. The third-order valence-electron chi connectivity index (χ3n) is 3.01. The van der Waals surface area contributed by atoms with Gasteiger partial charge < -0.3 is 14.7 Å². The Hall–Kier alpha value is -0.880. The Morgan fingerprint density at radius 2 is 2.37 bits per heavy atom. The van der Waals surface area contributed by atoms with Crippen molar-refractivity contribution in [2.24, 2.45) is 0 Å². The zero-order valence-electron chi connectivity index (χ0n) is 10.3. The van der Waals surface area contributed by atoms with E-state index in [1.807, 2.05) is 6.92 Å². The van der Waals surface area contributed by atoms with E-state index in [4.69, 9.17) is 33.0 Å². The van der Waals surface area contributed by atoms with Crippen LogP contribution in [0.25, 0.3) is 0 Å². The van der Waals surface area contributed by atoms with Crippen molar-refractivity contribution in [2.75, 3.05) is 19.8 Å². The van der Waals surface area contributed by atoms with Gasteiger partial charge in [0.2, 0.25) is 0 Å². The maximum absolute atomic E-state index is 12.4. The molecule has 0 radical (unpaired) electrons. The number of aliphatic hydroxyl groups excluding tert-OH is 1. The molecule has 0 spiro atoms. The second-order valence-electron chi connectivity index (χ2n) is 4.44. The number of aromatic nitrogens is 1. The number of amides is 1. The smallest absolute Gasteiger partial charge is 0.255 e. The van der Waals surface area contributed by atoms with E-state index in [2.05, 4.69) is 4.98 Å². The molecule has 2 rings (SSSR count). The molecule has 7 heteroatoms. The number of pyridine rings is 1. The number of hydrogen-bond acceptors (Lipinski definition) is 4. The fraction of sp³-hybridized carbons (Fsp3) is 0.500. The molecular weight excluding hydrogens is 291 g/mol. The van der Waals surface area contributed by atoms with Crippen LogP contribution in [0.2, 0.25) is 10.2 Å². The van der Waals surface area contributed by atoms with Crippen LogP contribution in [0.4, 0.5) is 0 Å². The van der Waals surface area contributed by atoms with E-state index in [0.29, 0.717) is 18.7 Å². The van der Waals surface area contributed by atoms with E-state index in [1.54, 1.807) is 4.90 Å². The quantitative estimate of drug-likeness (QED) is 0.843. The lowest BCUT2D eigenvalue weighted by Crippen LogP contribution is -2.52. The Bertz CT molecular complexity index is 484. The summed E-state index contributed by atoms with van der Waals surface area (Å²) >= 11 is 11.6. The molecule has 0 aliphatic carbocycles. The number of halogens is 2. The Morgan fingerprint density at radius 3 is 3.00 bits per heavy atom. The van der Waals surface area contributed by atoms with Crippen LogP contribution >= 0.6 is 23.2 Å². The fourth-order valence-corrected chi connectivity index (χ4v) is 2.18. The number of rotatable bonds is 2. The van der Waals surface area contributed by atoms with Crippen molar-refractivity contribution in [1.29, 1.82) is 0 Å². The van der Waals surface area contributed by atoms with Crippen LogP contribution in [-0.4, -0.2) is 52.8 Å². The van der Waals surface area contributed by atoms with Crippen molar-refractivity contribution < 1.29 is 14.6 Å². The van der Waals surface area contributed by atoms with Gasteiger partial charge in [0.1, 0.15) is 5.15 Å². The molecule has 1 N–H and O–H groups in total. The Morgan fingerprint density at radius 1 is 1.63 bits per heavy atom. The molecule has 19 heavy (non-hydrogen) atoms. The molecule has 1 aliphatic rings. The lowest BCUT2D eigenvalue weighted by Gasteiger charge is -2.37. The normalized spacial score (nSPS) is 23.5. The van der Waals surface area contributed by atoms with Crippen molar-refractivity contribution in [3.8, 4) is 0 Å². The van der Waals surface area contributed by atoms with Gasteiger partial charge in [-0.3, -0.25) is 4.79 Å². The van der Waals surface area contributed by atoms with E-state index >= 15 is 0 Å². The summed E-state index contributed by atoms with van der Waals surface area (Å²) in [6.07, 6.45) is 1.04. The highest BCUT2D eigenvalue weighted by molar-refractivity contribution is 6.41. The maximum Gasteiger partial charge on any atom is 0.255 e. The maximum atomic E-state index is 12.4. The van der Waals surface area contributed by atoms with Crippen LogP contribution < -0.4 is 0 Å². The molecule has 2 heterocycles. The minimum Gasteiger partial charge on any atom is -0.394 e. The van der Waals surface area contributed by atoms with E-state index in [-0.39, 0.29) is 34.8 Å². The molecule has 1 amide bonds. The van der Waals surface area contributed by atoms with Crippen LogP contribution in [0.15, 0.2) is 12.3 Å². The summed E-state index contributed by atoms with van der Waals surface area (Å²) in [6, 6.07) is 1.43. The lowest BCUT2D eigenvalue weighted by atomic mass is 10.1. The molecule has 0 aromatic carbocycles. The van der Waals surface area contributed by atoms with Crippen molar-refractivity contribution in [2.45, 2.75) is 19.1 Å². The summed E-state index contributed by atoms with van der Waals surface area (Å²) in [5.41, 5.74) is 0.375. The second kappa shape index (κ2) is 6.05. The van der Waals surface area contributed by atoms with Crippen LogP contribution in [0.5, 0.6) is 0 Å². The van der Waals surface area contributed by atoms with Gasteiger partial charge in [-0.05, 0) is 13.0 Å². The third-order valence-corrected chi connectivity index (χ3v) is 3.70. The first-order valence-corrected chi connectivity index (χ1v) is 6.63. The molecule has 1 aromatic rings. The topological polar surface area (TPSA) is 62.7 Å². The molecule has 2 unspecified atom stereocenters. The van der Waals surface area contributed by atoms with E-state index in [9.17, 15) is 4.79 Å². The predicted molar refractivity (Wildman–Crippen MR) is 71.6 cm³/mol. The molecule has 1 fully saturated rings. The van der Waals surface area contributed by atoms with Crippen molar-refractivity contribution in [1.82, 2.24) is 9.88 Å². The molecule has 104 valence electrons. The van der Waals surface area contributed by atoms with Gasteiger partial charge in [-0.15, -0.1) is 0 Å². The van der Waals surface area contributed by atoms with Gasteiger partial charge in [0.25, 0.3) is 5.91 Å². The van der Waals surface area contributed by atoms with Gasteiger partial charge in [0, 0.05) is 12.7 Å². The number of nitrogens with zero attached hydrogens (tertiary/aromatic N) is 2. The molecular formula is C12H14Cl2N2O3. The van der Waals surface area contributed by atoms with Gasteiger partial charge >= 0.3 is 0 Å². The highest BCUT2D eigenvalue weighted by Crippen LogP contribution is 2.22. The van der Waals surface area contributed by atoms with Gasteiger partial charge in [-0.2, -0.15) is 0 Å². The molecule has 0 saturated carbocycles. The van der Waals surface area contributed by atoms with E-state index in [1.165, 1.54) is 12.3 Å². The molecule has 1 aromatic heterocycles. The zero-order chi connectivity index (χ0) is 14.0. The number of ether oxygens (including phenoxy) is 1. The highest BCUT2D eigenvalue weighted by atomic mass is 35.5. The van der Waals surface area contributed by atoms with Gasteiger partial charge in [-0.1, -0.05) is 23.2 Å². The average Bonchev–Trinajstić information content (AvgIpc) is 2.41. The molecule has 2 atom stereocenters. The van der Waals surface area contributed by atoms with Gasteiger partial charge in [0.15, 0.2) is 0 Å². The summed E-state index contributed by atoms with van der Waals surface area (Å²) in [7, 11) is 0. The number of carbonyl (C=O) groups excluding carboxylic acids is 1. The first-order valence-electron chi connectivity index (χ1n) is 5.87. The van der Waals surface area contributed by atoms with Crippen molar-refractivity contribution in [3.63, 3.8) is 0 Å². The summed E-state index contributed by atoms with van der Waals surface area (Å²) in [5.74, 6) is -0.194. The van der Waals surface area contributed by atoms with Crippen LogP contribution in [0.3, 0.4) is 0 Å². The Kier molecular flexibility index (Phi) is 4.62. The number of aliphatic hydroxyl groups is 1. The standard InChI is InChI=1S/C12H14Cl2N2O3/c1-7-6-19-9(5-17)4-16(7)12(18)8-2-10(13)11(14)15-3-8/h2-3,7,9,17H,4-6H2,1H3. The Labute approximate surface area is 121 Å². The third kappa shape index (κ3) is 3.17. The fourth-order valence-electron chi connectivity index (χ4n) is 1.91. The summed E-state index contributed by atoms with van der Waals surface area (Å²) in [4.78, 5) is 17.9. The summed E-state index contributed by atoms with van der Waals surface area (Å²) in [5, 5.41) is 9.52. The first kappa shape index (κ1) is 14.5. The lowest BCUT2D eigenvalue weighted by molar-refractivity contribution is -0.0667. The van der Waals surface area contributed by atoms with Crippen LogP contribution in [0, 0.1) is 0 Å². The predicted octanol–water partition coefficient (Wildman–Crippen LogP) is 1.61. The average molecular weight is 305 g/mol. The second-order valence-corrected chi connectivity index (χ2v) is 5.21. The van der Waals surface area contributed by atoms with Crippen LogP contribution in [0.1, 0.15) is 17.3 Å². The Balaban J connectivity index is 2.19. The van der Waals surface area contributed by atoms with E-state index in [0.717, 1.165) is 0 Å². The zero-order valence-corrected chi connectivity index (χ0v) is 11.9. The van der Waals surface area contributed by atoms with Crippen molar-refractivity contribution in [3.05, 3.63) is 28.0 Å². The van der Waals surface area contributed by atoms with E-state index < -0.39 is 0 Å². The summed E-state index contributed by atoms with van der Waals surface area (Å²) in [6.45, 7) is 2.51. The largest absolute Gasteiger partial charge is 0.394 e. The minimum atomic E-state index is -0.351. The number of carbonyl (C=O) groups is 1. The first-order chi connectivity index (χ1) is 9.02. The number of morpholine rings is 1. The molecule has 5 nitrogen and oxygen atoms in total. The molecule has 1 saturated heterocycles. The summed E-state index contributed by atoms with van der Waals surface area (Å²) < 4.78 is 5.39. The van der Waals surface area contributed by atoms with Gasteiger partial charge in [0.05, 0.1) is 35.9 Å². The number of hydrogen-bond donors (Lipinski definition) is 1. The molecule has 1 aliphatic heterocycles. The SMILES string of the molecule is CC1COC(CO)CN1C(=O)c1cnc(Cl)c(Cl)c1. The van der Waals surface area contributed by atoms with Gasteiger partial charge in [-0.25, -0.2) is 4.98 Å². The monoisotopic (exact) mass is 304 g/mol.